The van der Waals surface area contributed by atoms with E-state index in [1.807, 2.05) is 6.07 Å². The van der Waals surface area contributed by atoms with Crippen LogP contribution in [0.1, 0.15) is 38.8 Å². The summed E-state index contributed by atoms with van der Waals surface area (Å²) in [6.45, 7) is 10.1. The zero-order valence-electron chi connectivity index (χ0n) is 12.9. The lowest BCUT2D eigenvalue weighted by Gasteiger charge is -2.32. The Balaban J connectivity index is 1.77. The largest absolute Gasteiger partial charge is 0.493 e. The number of hydrogen-bond donors (Lipinski definition) is 1. The summed E-state index contributed by atoms with van der Waals surface area (Å²) < 4.78 is 11.4. The highest BCUT2D eigenvalue weighted by molar-refractivity contribution is 5.37. The summed E-state index contributed by atoms with van der Waals surface area (Å²) in [5.74, 6) is 2.14. The highest BCUT2D eigenvalue weighted by Gasteiger charge is 2.26. The van der Waals surface area contributed by atoms with Gasteiger partial charge in [0.25, 0.3) is 0 Å². The van der Waals surface area contributed by atoms with Gasteiger partial charge >= 0.3 is 0 Å². The van der Waals surface area contributed by atoms with Crippen LogP contribution in [0.2, 0.25) is 0 Å². The minimum Gasteiger partial charge on any atom is -0.493 e. The molecule has 1 aliphatic heterocycles. The molecule has 2 atom stereocenters. The van der Waals surface area contributed by atoms with Gasteiger partial charge in [-0.05, 0) is 24.9 Å². The molecule has 1 aromatic rings. The van der Waals surface area contributed by atoms with Crippen LogP contribution in [0.25, 0.3) is 0 Å². The fourth-order valence-electron chi connectivity index (χ4n) is 2.55. The first-order valence-electron chi connectivity index (χ1n) is 7.71. The molecule has 0 aliphatic carbocycles. The monoisotopic (exact) mass is 277 g/mol. The van der Waals surface area contributed by atoms with Gasteiger partial charge in [-0.1, -0.05) is 39.0 Å². The van der Waals surface area contributed by atoms with E-state index in [0.29, 0.717) is 17.9 Å². The highest BCUT2D eigenvalue weighted by atomic mass is 16.5. The number of para-hydroxylation sites is 1. The molecule has 0 saturated carbocycles. The van der Waals surface area contributed by atoms with Gasteiger partial charge in [0, 0.05) is 30.7 Å². The Kier molecular flexibility index (Phi) is 5.86. The molecule has 1 N–H and O–H groups in total. The Labute approximate surface area is 122 Å². The van der Waals surface area contributed by atoms with Gasteiger partial charge in [0.1, 0.15) is 5.75 Å². The first-order valence-corrected chi connectivity index (χ1v) is 7.71. The van der Waals surface area contributed by atoms with Crippen molar-refractivity contribution in [2.24, 2.45) is 11.8 Å². The predicted octanol–water partition coefficient (Wildman–Crippen LogP) is 3.41. The molecular formula is C17H27NO2. The molecule has 3 heteroatoms. The molecule has 0 aromatic heterocycles. The van der Waals surface area contributed by atoms with E-state index in [2.05, 4.69) is 44.3 Å². The quantitative estimate of drug-likeness (QED) is 0.775. The van der Waals surface area contributed by atoms with Crippen LogP contribution in [0.4, 0.5) is 0 Å². The summed E-state index contributed by atoms with van der Waals surface area (Å²) >= 11 is 0. The Morgan fingerprint density at radius 1 is 1.35 bits per heavy atom. The minimum absolute atomic E-state index is 0.394. The van der Waals surface area contributed by atoms with Gasteiger partial charge in [-0.15, -0.1) is 0 Å². The van der Waals surface area contributed by atoms with Crippen molar-refractivity contribution in [1.29, 1.82) is 0 Å². The number of fused-ring (bicyclic) bond motifs is 1. The smallest absolute Gasteiger partial charge is 0.124 e. The van der Waals surface area contributed by atoms with Crippen molar-refractivity contribution in [3.8, 4) is 5.75 Å². The summed E-state index contributed by atoms with van der Waals surface area (Å²) in [6, 6.07) is 8.73. The standard InChI is InChI=1S/C17H27NO2/c1-13(2)11-19-10-6-9-18-17-14(3)12-20-16-8-5-4-7-15(16)17/h4-5,7-8,13-14,17-18H,6,9-12H2,1-3H3. The van der Waals surface area contributed by atoms with E-state index in [4.69, 9.17) is 9.47 Å². The third-order valence-electron chi connectivity index (χ3n) is 3.61. The first-order chi connectivity index (χ1) is 9.68. The lowest BCUT2D eigenvalue weighted by Crippen LogP contribution is -2.34. The maximum absolute atomic E-state index is 5.77. The molecule has 20 heavy (non-hydrogen) atoms. The minimum atomic E-state index is 0.394. The summed E-state index contributed by atoms with van der Waals surface area (Å²) in [6.07, 6.45) is 1.05. The van der Waals surface area contributed by atoms with Crippen molar-refractivity contribution < 1.29 is 9.47 Å². The molecule has 0 fully saturated rings. The van der Waals surface area contributed by atoms with Crippen LogP contribution in [0.3, 0.4) is 0 Å². The number of benzene rings is 1. The van der Waals surface area contributed by atoms with Crippen molar-refractivity contribution in [3.63, 3.8) is 0 Å². The molecule has 2 unspecified atom stereocenters. The highest BCUT2D eigenvalue weighted by Crippen LogP contribution is 2.34. The lowest BCUT2D eigenvalue weighted by molar-refractivity contribution is 0.106. The van der Waals surface area contributed by atoms with E-state index in [-0.39, 0.29) is 0 Å². The molecule has 3 nitrogen and oxygen atoms in total. The van der Waals surface area contributed by atoms with Crippen LogP contribution < -0.4 is 10.1 Å². The SMILES string of the molecule is CC(C)COCCCNC1c2ccccc2OCC1C. The third-order valence-corrected chi connectivity index (χ3v) is 3.61. The van der Waals surface area contributed by atoms with E-state index >= 15 is 0 Å². The van der Waals surface area contributed by atoms with Crippen LogP contribution >= 0.6 is 0 Å². The van der Waals surface area contributed by atoms with Crippen LogP contribution in [0.5, 0.6) is 5.75 Å². The van der Waals surface area contributed by atoms with Gasteiger partial charge < -0.3 is 14.8 Å². The fourth-order valence-corrected chi connectivity index (χ4v) is 2.55. The van der Waals surface area contributed by atoms with Crippen molar-refractivity contribution in [1.82, 2.24) is 5.32 Å². The van der Waals surface area contributed by atoms with E-state index in [0.717, 1.165) is 38.5 Å². The molecule has 2 rings (SSSR count). The molecule has 0 spiro atoms. The van der Waals surface area contributed by atoms with Gasteiger partial charge in [0.15, 0.2) is 0 Å². The van der Waals surface area contributed by atoms with Crippen LogP contribution in [-0.2, 0) is 4.74 Å². The Morgan fingerprint density at radius 3 is 2.95 bits per heavy atom. The van der Waals surface area contributed by atoms with E-state index < -0.39 is 0 Å². The summed E-state index contributed by atoms with van der Waals surface area (Å²) in [4.78, 5) is 0. The molecule has 0 bridgehead atoms. The van der Waals surface area contributed by atoms with E-state index in [1.54, 1.807) is 0 Å². The Bertz CT molecular complexity index is 406. The normalized spacial score (nSPS) is 21.6. The number of nitrogens with one attached hydrogen (secondary N) is 1. The van der Waals surface area contributed by atoms with Crippen molar-refractivity contribution in [2.75, 3.05) is 26.4 Å². The molecule has 1 aromatic carbocycles. The second kappa shape index (κ2) is 7.65. The van der Waals surface area contributed by atoms with Crippen molar-refractivity contribution in [3.05, 3.63) is 29.8 Å². The Hall–Kier alpha value is -1.06. The topological polar surface area (TPSA) is 30.5 Å². The molecular weight excluding hydrogens is 250 g/mol. The van der Waals surface area contributed by atoms with Gasteiger partial charge in [0.05, 0.1) is 6.61 Å². The Morgan fingerprint density at radius 2 is 2.15 bits per heavy atom. The van der Waals surface area contributed by atoms with Crippen molar-refractivity contribution in [2.45, 2.75) is 33.2 Å². The lowest BCUT2D eigenvalue weighted by atomic mass is 9.92. The second-order valence-electron chi connectivity index (χ2n) is 6.08. The van der Waals surface area contributed by atoms with Crippen LogP contribution in [-0.4, -0.2) is 26.4 Å². The van der Waals surface area contributed by atoms with Gasteiger partial charge in [-0.2, -0.15) is 0 Å². The van der Waals surface area contributed by atoms with Gasteiger partial charge in [0.2, 0.25) is 0 Å². The molecule has 1 aliphatic rings. The summed E-state index contributed by atoms with van der Waals surface area (Å²) in [5.41, 5.74) is 1.29. The summed E-state index contributed by atoms with van der Waals surface area (Å²) in [5, 5.41) is 3.66. The van der Waals surface area contributed by atoms with Gasteiger partial charge in [-0.25, -0.2) is 0 Å². The number of ether oxygens (including phenoxy) is 2. The second-order valence-corrected chi connectivity index (χ2v) is 6.08. The average molecular weight is 277 g/mol. The summed E-state index contributed by atoms with van der Waals surface area (Å²) in [7, 11) is 0. The molecule has 112 valence electrons. The van der Waals surface area contributed by atoms with Crippen LogP contribution in [0, 0.1) is 11.8 Å². The molecule has 0 saturated heterocycles. The van der Waals surface area contributed by atoms with Crippen molar-refractivity contribution >= 4 is 0 Å². The predicted molar refractivity (Wildman–Crippen MR) is 82.1 cm³/mol. The molecule has 0 radical (unpaired) electrons. The maximum Gasteiger partial charge on any atom is 0.124 e. The first kappa shape index (κ1) is 15.3. The number of hydrogen-bond acceptors (Lipinski definition) is 3. The van der Waals surface area contributed by atoms with Gasteiger partial charge in [-0.3, -0.25) is 0 Å². The maximum atomic E-state index is 5.77. The fraction of sp³-hybridized carbons (Fsp3) is 0.647. The molecule has 0 amide bonds. The zero-order valence-corrected chi connectivity index (χ0v) is 12.9. The molecule has 1 heterocycles. The van der Waals surface area contributed by atoms with E-state index in [9.17, 15) is 0 Å². The zero-order chi connectivity index (χ0) is 14.4. The third kappa shape index (κ3) is 4.22. The average Bonchev–Trinajstić information content (AvgIpc) is 2.44. The van der Waals surface area contributed by atoms with Crippen LogP contribution in [0.15, 0.2) is 24.3 Å². The van der Waals surface area contributed by atoms with E-state index in [1.165, 1.54) is 5.56 Å². The number of rotatable bonds is 7.